The summed E-state index contributed by atoms with van der Waals surface area (Å²) in [6.45, 7) is 2.85. The first kappa shape index (κ1) is 13.3. The Kier molecular flexibility index (Phi) is 4.75. The van der Waals surface area contributed by atoms with E-state index in [0.717, 1.165) is 6.42 Å². The van der Waals surface area contributed by atoms with Crippen molar-refractivity contribution in [3.8, 4) is 0 Å². The van der Waals surface area contributed by atoms with E-state index in [-0.39, 0.29) is 18.3 Å². The fourth-order valence-corrected chi connectivity index (χ4v) is 1.49. The zero-order chi connectivity index (χ0) is 12.8. The van der Waals surface area contributed by atoms with Crippen LogP contribution in [0.5, 0.6) is 0 Å². The number of benzene rings is 1. The van der Waals surface area contributed by atoms with Crippen molar-refractivity contribution >= 4 is 17.3 Å². The van der Waals surface area contributed by atoms with Gasteiger partial charge in [0.15, 0.2) is 0 Å². The maximum atomic E-state index is 12.9. The van der Waals surface area contributed by atoms with Gasteiger partial charge < -0.3 is 16.0 Å². The summed E-state index contributed by atoms with van der Waals surface area (Å²) in [5.41, 5.74) is 6.67. The largest absolute Gasteiger partial charge is 0.397 e. The molecule has 5 heteroatoms. The SMILES string of the molecule is CCCNC(=O)CN(C)c1ccc(F)cc1N. The van der Waals surface area contributed by atoms with E-state index >= 15 is 0 Å². The van der Waals surface area contributed by atoms with Crippen LogP contribution in [-0.2, 0) is 4.79 Å². The van der Waals surface area contributed by atoms with Crippen LogP contribution >= 0.6 is 0 Å². The van der Waals surface area contributed by atoms with E-state index in [1.54, 1.807) is 18.0 Å². The quantitative estimate of drug-likeness (QED) is 0.763. The Hall–Kier alpha value is -1.78. The van der Waals surface area contributed by atoms with E-state index in [0.29, 0.717) is 17.9 Å². The molecule has 0 saturated carbocycles. The minimum atomic E-state index is -0.380. The summed E-state index contributed by atoms with van der Waals surface area (Å²) in [6.07, 6.45) is 0.897. The summed E-state index contributed by atoms with van der Waals surface area (Å²) in [7, 11) is 1.75. The minimum Gasteiger partial charge on any atom is -0.397 e. The molecule has 1 amide bonds. The Balaban J connectivity index is 2.63. The van der Waals surface area contributed by atoms with Crippen LogP contribution in [0.1, 0.15) is 13.3 Å². The molecule has 0 saturated heterocycles. The van der Waals surface area contributed by atoms with Crippen LogP contribution in [0, 0.1) is 5.82 Å². The molecule has 0 aliphatic heterocycles. The van der Waals surface area contributed by atoms with Crippen molar-refractivity contribution in [3.05, 3.63) is 24.0 Å². The van der Waals surface area contributed by atoms with Crippen LogP contribution in [-0.4, -0.2) is 26.0 Å². The molecule has 0 fully saturated rings. The lowest BCUT2D eigenvalue weighted by atomic mass is 10.2. The molecule has 0 aliphatic rings. The van der Waals surface area contributed by atoms with Crippen molar-refractivity contribution < 1.29 is 9.18 Å². The summed E-state index contributed by atoms with van der Waals surface area (Å²) < 4.78 is 12.9. The Bertz CT molecular complexity index is 395. The maximum absolute atomic E-state index is 12.9. The van der Waals surface area contributed by atoms with Gasteiger partial charge in [0.2, 0.25) is 5.91 Å². The molecular formula is C12H18FN3O. The van der Waals surface area contributed by atoms with Crippen LogP contribution in [0.15, 0.2) is 18.2 Å². The van der Waals surface area contributed by atoms with Crippen LogP contribution in [0.25, 0.3) is 0 Å². The van der Waals surface area contributed by atoms with Crippen molar-refractivity contribution in [2.45, 2.75) is 13.3 Å². The molecule has 0 bridgehead atoms. The van der Waals surface area contributed by atoms with E-state index in [1.807, 2.05) is 6.92 Å². The number of hydrogen-bond donors (Lipinski definition) is 2. The molecule has 0 heterocycles. The van der Waals surface area contributed by atoms with Gasteiger partial charge in [-0.25, -0.2) is 4.39 Å². The minimum absolute atomic E-state index is 0.0712. The summed E-state index contributed by atoms with van der Waals surface area (Å²) in [4.78, 5) is 13.2. The molecule has 0 spiro atoms. The van der Waals surface area contributed by atoms with Gasteiger partial charge >= 0.3 is 0 Å². The van der Waals surface area contributed by atoms with Gasteiger partial charge in [-0.15, -0.1) is 0 Å². The second-order valence-electron chi connectivity index (χ2n) is 3.91. The molecule has 0 unspecified atom stereocenters. The Labute approximate surface area is 101 Å². The molecule has 0 atom stereocenters. The summed E-state index contributed by atoms with van der Waals surface area (Å²) in [6, 6.07) is 4.14. The number of rotatable bonds is 5. The molecule has 94 valence electrons. The number of nitrogens with two attached hydrogens (primary N) is 1. The molecule has 1 rings (SSSR count). The second kappa shape index (κ2) is 6.08. The first-order valence-electron chi connectivity index (χ1n) is 5.57. The predicted molar refractivity (Wildman–Crippen MR) is 67.4 cm³/mol. The number of carbonyl (C=O) groups excluding carboxylic acids is 1. The lowest BCUT2D eigenvalue weighted by Crippen LogP contribution is -2.35. The predicted octanol–water partition coefficient (Wildman–Crippen LogP) is 1.37. The van der Waals surface area contributed by atoms with E-state index in [4.69, 9.17) is 5.73 Å². The van der Waals surface area contributed by atoms with Crippen molar-refractivity contribution in [2.24, 2.45) is 0 Å². The molecular weight excluding hydrogens is 221 g/mol. The zero-order valence-corrected chi connectivity index (χ0v) is 10.2. The van der Waals surface area contributed by atoms with Gasteiger partial charge in [0.1, 0.15) is 5.82 Å². The number of nitrogen functional groups attached to an aromatic ring is 1. The Morgan fingerprint density at radius 3 is 2.82 bits per heavy atom. The maximum Gasteiger partial charge on any atom is 0.239 e. The third kappa shape index (κ3) is 3.94. The number of carbonyl (C=O) groups is 1. The van der Waals surface area contributed by atoms with E-state index < -0.39 is 0 Å². The normalized spacial score (nSPS) is 10.1. The van der Waals surface area contributed by atoms with Gasteiger partial charge in [-0.3, -0.25) is 4.79 Å². The lowest BCUT2D eigenvalue weighted by molar-refractivity contribution is -0.119. The van der Waals surface area contributed by atoms with E-state index in [1.165, 1.54) is 12.1 Å². The highest BCUT2D eigenvalue weighted by molar-refractivity contribution is 5.82. The number of hydrogen-bond acceptors (Lipinski definition) is 3. The molecule has 0 radical (unpaired) electrons. The summed E-state index contributed by atoms with van der Waals surface area (Å²) >= 11 is 0. The first-order chi connectivity index (χ1) is 8.04. The van der Waals surface area contributed by atoms with Gasteiger partial charge in [0, 0.05) is 13.6 Å². The fourth-order valence-electron chi connectivity index (χ4n) is 1.49. The number of amides is 1. The van der Waals surface area contributed by atoms with Gasteiger partial charge in [0.25, 0.3) is 0 Å². The number of anilines is 2. The van der Waals surface area contributed by atoms with Crippen LogP contribution in [0.2, 0.25) is 0 Å². The van der Waals surface area contributed by atoms with Crippen LogP contribution in [0.3, 0.4) is 0 Å². The molecule has 1 aromatic rings. The van der Waals surface area contributed by atoms with Gasteiger partial charge in [0.05, 0.1) is 17.9 Å². The Morgan fingerprint density at radius 1 is 1.53 bits per heavy atom. The molecule has 0 aliphatic carbocycles. The van der Waals surface area contributed by atoms with E-state index in [9.17, 15) is 9.18 Å². The highest BCUT2D eigenvalue weighted by atomic mass is 19.1. The fraction of sp³-hybridized carbons (Fsp3) is 0.417. The number of likely N-dealkylation sites (N-methyl/N-ethyl adjacent to an activating group) is 1. The summed E-state index contributed by atoms with van der Waals surface area (Å²) in [5.74, 6) is -0.451. The van der Waals surface area contributed by atoms with Gasteiger partial charge in [-0.2, -0.15) is 0 Å². The van der Waals surface area contributed by atoms with Gasteiger partial charge in [-0.05, 0) is 24.6 Å². The third-order valence-corrected chi connectivity index (χ3v) is 2.35. The highest BCUT2D eigenvalue weighted by Gasteiger charge is 2.09. The third-order valence-electron chi connectivity index (χ3n) is 2.35. The molecule has 4 nitrogen and oxygen atoms in total. The first-order valence-corrected chi connectivity index (χ1v) is 5.57. The monoisotopic (exact) mass is 239 g/mol. The molecule has 1 aromatic carbocycles. The van der Waals surface area contributed by atoms with Crippen molar-refractivity contribution in [1.82, 2.24) is 5.32 Å². The average Bonchev–Trinajstić information content (AvgIpc) is 2.26. The molecule has 17 heavy (non-hydrogen) atoms. The van der Waals surface area contributed by atoms with Crippen molar-refractivity contribution in [2.75, 3.05) is 30.8 Å². The number of nitrogens with zero attached hydrogens (tertiary/aromatic N) is 1. The smallest absolute Gasteiger partial charge is 0.239 e. The molecule has 3 N–H and O–H groups in total. The Morgan fingerprint density at radius 2 is 2.24 bits per heavy atom. The van der Waals surface area contributed by atoms with Crippen molar-refractivity contribution in [1.29, 1.82) is 0 Å². The number of nitrogens with one attached hydrogen (secondary N) is 1. The van der Waals surface area contributed by atoms with Crippen molar-refractivity contribution in [3.63, 3.8) is 0 Å². The zero-order valence-electron chi connectivity index (χ0n) is 10.2. The van der Waals surface area contributed by atoms with E-state index in [2.05, 4.69) is 5.32 Å². The number of halogens is 1. The van der Waals surface area contributed by atoms with Crippen LogP contribution < -0.4 is 16.0 Å². The lowest BCUT2D eigenvalue weighted by Gasteiger charge is -2.20. The standard InChI is InChI=1S/C12H18FN3O/c1-3-6-15-12(17)8-16(2)11-5-4-9(13)7-10(11)14/h4-5,7H,3,6,8,14H2,1-2H3,(H,15,17). The average molecular weight is 239 g/mol. The molecule has 0 aromatic heterocycles. The van der Waals surface area contributed by atoms with Crippen LogP contribution in [0.4, 0.5) is 15.8 Å². The topological polar surface area (TPSA) is 58.4 Å². The van der Waals surface area contributed by atoms with Gasteiger partial charge in [-0.1, -0.05) is 6.92 Å². The highest BCUT2D eigenvalue weighted by Crippen LogP contribution is 2.22. The second-order valence-corrected chi connectivity index (χ2v) is 3.91. The summed E-state index contributed by atoms with van der Waals surface area (Å²) in [5, 5.41) is 2.77.